The monoisotopic (exact) mass is 375 g/mol. The Morgan fingerprint density at radius 3 is 2.41 bits per heavy atom. The number of carbonyl (C=O) groups excluding carboxylic acids is 2. The van der Waals surface area contributed by atoms with Gasteiger partial charge in [0.1, 0.15) is 0 Å². The number of methoxy groups -OCH3 is 2. The first-order valence-electron chi connectivity index (χ1n) is 9.55. The van der Waals surface area contributed by atoms with E-state index < -0.39 is 0 Å². The van der Waals surface area contributed by atoms with Gasteiger partial charge in [-0.25, -0.2) is 4.79 Å². The first-order chi connectivity index (χ1) is 12.9. The van der Waals surface area contributed by atoms with Gasteiger partial charge in [0.25, 0.3) is 0 Å². The molecule has 1 N–H and O–H groups in total. The van der Waals surface area contributed by atoms with Gasteiger partial charge in [0.15, 0.2) is 11.5 Å². The molecule has 3 amide bonds. The molecule has 0 saturated carbocycles. The molecule has 7 heteroatoms. The highest BCUT2D eigenvalue weighted by atomic mass is 16.5. The topological polar surface area (TPSA) is 71.1 Å². The number of benzene rings is 1. The van der Waals surface area contributed by atoms with Crippen molar-refractivity contribution in [2.75, 3.05) is 25.7 Å². The molecule has 0 aromatic heterocycles. The summed E-state index contributed by atoms with van der Waals surface area (Å²) in [6.45, 7) is 4.63. The van der Waals surface area contributed by atoms with E-state index in [9.17, 15) is 9.59 Å². The van der Waals surface area contributed by atoms with Gasteiger partial charge in [-0.1, -0.05) is 0 Å². The van der Waals surface area contributed by atoms with E-state index >= 15 is 0 Å². The molecule has 2 aliphatic heterocycles. The number of amides is 3. The molecule has 3 rings (SSSR count). The quantitative estimate of drug-likeness (QED) is 0.878. The zero-order valence-corrected chi connectivity index (χ0v) is 16.5. The number of anilines is 1. The molecular weight excluding hydrogens is 346 g/mol. The fourth-order valence-corrected chi connectivity index (χ4v) is 4.12. The lowest BCUT2D eigenvalue weighted by molar-refractivity contribution is -0.117. The summed E-state index contributed by atoms with van der Waals surface area (Å²) in [7, 11) is 3.14. The molecular formula is C20H29N3O4. The van der Waals surface area contributed by atoms with Crippen molar-refractivity contribution in [2.45, 2.75) is 57.7 Å². The number of hydrogen-bond acceptors (Lipinski definition) is 4. The Bertz CT molecular complexity index is 698. The number of urea groups is 1. The van der Waals surface area contributed by atoms with Crippen LogP contribution in [0.15, 0.2) is 18.2 Å². The third-order valence-corrected chi connectivity index (χ3v) is 5.56. The van der Waals surface area contributed by atoms with Gasteiger partial charge in [-0.3, -0.25) is 4.79 Å². The van der Waals surface area contributed by atoms with Crippen molar-refractivity contribution in [3.05, 3.63) is 18.2 Å². The van der Waals surface area contributed by atoms with E-state index in [0.29, 0.717) is 24.5 Å². The average Bonchev–Trinajstić information content (AvgIpc) is 3.01. The van der Waals surface area contributed by atoms with Crippen LogP contribution in [0.2, 0.25) is 0 Å². The van der Waals surface area contributed by atoms with Gasteiger partial charge in [0.05, 0.1) is 20.3 Å². The standard InChI is InChI=1S/C20H29N3O4/c1-13-6-5-7-14(2)23(13)20(25)21-15-10-19(24)22(12-15)16-8-9-17(26-3)18(11-16)27-4/h8-9,11,13-15H,5-7,10,12H2,1-4H3,(H,21,25)/t13-,14-,15+/m0/s1. The van der Waals surface area contributed by atoms with Crippen LogP contribution in [0.3, 0.4) is 0 Å². The van der Waals surface area contributed by atoms with Crippen LogP contribution in [-0.2, 0) is 4.79 Å². The van der Waals surface area contributed by atoms with E-state index in [0.717, 1.165) is 24.9 Å². The number of nitrogens with one attached hydrogen (secondary N) is 1. The van der Waals surface area contributed by atoms with E-state index in [-0.39, 0.29) is 30.1 Å². The van der Waals surface area contributed by atoms with Crippen LogP contribution in [-0.4, -0.2) is 55.7 Å². The predicted molar refractivity (Wildman–Crippen MR) is 103 cm³/mol. The van der Waals surface area contributed by atoms with Crippen LogP contribution < -0.4 is 19.7 Å². The summed E-state index contributed by atoms with van der Waals surface area (Å²) in [6.07, 6.45) is 3.51. The first-order valence-corrected chi connectivity index (χ1v) is 9.55. The van der Waals surface area contributed by atoms with Gasteiger partial charge in [-0.05, 0) is 45.2 Å². The molecule has 148 valence electrons. The first kappa shape index (κ1) is 19.3. The zero-order chi connectivity index (χ0) is 19.6. The lowest BCUT2D eigenvalue weighted by Gasteiger charge is -2.39. The van der Waals surface area contributed by atoms with E-state index in [1.165, 1.54) is 0 Å². The smallest absolute Gasteiger partial charge is 0.318 e. The largest absolute Gasteiger partial charge is 0.493 e. The highest BCUT2D eigenvalue weighted by molar-refractivity contribution is 5.97. The third kappa shape index (κ3) is 3.96. The predicted octanol–water partition coefficient (Wildman–Crippen LogP) is 2.78. The second-order valence-corrected chi connectivity index (χ2v) is 7.43. The number of likely N-dealkylation sites (tertiary alicyclic amines) is 1. The average molecular weight is 375 g/mol. The molecule has 27 heavy (non-hydrogen) atoms. The Labute approximate surface area is 160 Å². The molecule has 0 unspecified atom stereocenters. The summed E-state index contributed by atoms with van der Waals surface area (Å²) < 4.78 is 10.6. The van der Waals surface area contributed by atoms with Crippen LogP contribution >= 0.6 is 0 Å². The van der Waals surface area contributed by atoms with E-state index in [4.69, 9.17) is 9.47 Å². The minimum atomic E-state index is -0.195. The lowest BCUT2D eigenvalue weighted by atomic mass is 9.98. The number of piperidine rings is 1. The lowest BCUT2D eigenvalue weighted by Crippen LogP contribution is -2.54. The Balaban J connectivity index is 1.68. The normalized spacial score (nSPS) is 25.5. The third-order valence-electron chi connectivity index (χ3n) is 5.56. The fraction of sp³-hybridized carbons (Fsp3) is 0.600. The second-order valence-electron chi connectivity index (χ2n) is 7.43. The number of rotatable bonds is 4. The van der Waals surface area contributed by atoms with Gasteiger partial charge in [0, 0.05) is 36.8 Å². The molecule has 0 aliphatic carbocycles. The summed E-state index contributed by atoms with van der Waals surface area (Å²) in [5.41, 5.74) is 0.745. The molecule has 0 bridgehead atoms. The van der Waals surface area contributed by atoms with Gasteiger partial charge >= 0.3 is 6.03 Å². The second kappa shape index (κ2) is 8.06. The van der Waals surface area contributed by atoms with Crippen LogP contribution in [0.4, 0.5) is 10.5 Å². The number of hydrogen-bond donors (Lipinski definition) is 1. The summed E-state index contributed by atoms with van der Waals surface area (Å²) in [4.78, 5) is 28.9. The van der Waals surface area contributed by atoms with Crippen molar-refractivity contribution in [2.24, 2.45) is 0 Å². The van der Waals surface area contributed by atoms with Gasteiger partial charge < -0.3 is 24.6 Å². The van der Waals surface area contributed by atoms with Crippen molar-refractivity contribution >= 4 is 17.6 Å². The molecule has 2 saturated heterocycles. The van der Waals surface area contributed by atoms with Crippen LogP contribution in [0.25, 0.3) is 0 Å². The summed E-state index contributed by atoms with van der Waals surface area (Å²) in [5, 5.41) is 3.06. The minimum Gasteiger partial charge on any atom is -0.493 e. The zero-order valence-electron chi connectivity index (χ0n) is 16.5. The highest BCUT2D eigenvalue weighted by Gasteiger charge is 2.35. The number of nitrogens with zero attached hydrogens (tertiary/aromatic N) is 2. The van der Waals surface area contributed by atoms with Gasteiger partial charge in [0.2, 0.25) is 5.91 Å². The van der Waals surface area contributed by atoms with Crippen LogP contribution in [0.5, 0.6) is 11.5 Å². The van der Waals surface area contributed by atoms with Crippen molar-refractivity contribution < 1.29 is 19.1 Å². The SMILES string of the molecule is COc1ccc(N2C[C@H](NC(=O)N3[C@@H](C)CCC[C@@H]3C)CC2=O)cc1OC. The summed E-state index contributed by atoms with van der Waals surface area (Å²) in [6, 6.07) is 5.60. The van der Waals surface area contributed by atoms with Gasteiger partial charge in [-0.2, -0.15) is 0 Å². The maximum atomic E-state index is 12.8. The van der Waals surface area contributed by atoms with E-state index in [2.05, 4.69) is 19.2 Å². The number of ether oxygens (including phenoxy) is 2. The Hall–Kier alpha value is -2.44. The maximum Gasteiger partial charge on any atom is 0.318 e. The molecule has 0 spiro atoms. The maximum absolute atomic E-state index is 12.8. The Kier molecular flexibility index (Phi) is 5.77. The molecule has 2 fully saturated rings. The Morgan fingerprint density at radius 2 is 1.78 bits per heavy atom. The molecule has 1 aromatic carbocycles. The van der Waals surface area contributed by atoms with E-state index in [1.807, 2.05) is 11.0 Å². The highest BCUT2D eigenvalue weighted by Crippen LogP contribution is 2.33. The minimum absolute atomic E-state index is 0.00717. The Morgan fingerprint density at radius 1 is 1.11 bits per heavy atom. The van der Waals surface area contributed by atoms with Crippen LogP contribution in [0.1, 0.15) is 39.5 Å². The molecule has 1 aromatic rings. The molecule has 0 radical (unpaired) electrons. The molecule has 3 atom stereocenters. The van der Waals surface area contributed by atoms with Crippen molar-refractivity contribution in [3.63, 3.8) is 0 Å². The fourth-order valence-electron chi connectivity index (χ4n) is 4.12. The summed E-state index contributed by atoms with van der Waals surface area (Å²) >= 11 is 0. The number of carbonyl (C=O) groups is 2. The summed E-state index contributed by atoms with van der Waals surface area (Å²) in [5.74, 6) is 1.18. The molecule has 2 heterocycles. The molecule has 7 nitrogen and oxygen atoms in total. The molecule has 2 aliphatic rings. The van der Waals surface area contributed by atoms with Gasteiger partial charge in [-0.15, -0.1) is 0 Å². The van der Waals surface area contributed by atoms with Crippen molar-refractivity contribution in [1.29, 1.82) is 0 Å². The van der Waals surface area contributed by atoms with E-state index in [1.54, 1.807) is 31.3 Å². The van der Waals surface area contributed by atoms with Crippen molar-refractivity contribution in [1.82, 2.24) is 10.2 Å². The van der Waals surface area contributed by atoms with Crippen molar-refractivity contribution in [3.8, 4) is 11.5 Å². The van der Waals surface area contributed by atoms with Crippen LogP contribution in [0, 0.1) is 0 Å².